The predicted octanol–water partition coefficient (Wildman–Crippen LogP) is 2.98. The summed E-state index contributed by atoms with van der Waals surface area (Å²) in [5.41, 5.74) is 0.492. The molecule has 1 nitrogen and oxygen atoms in total. The van der Waals surface area contributed by atoms with E-state index < -0.39 is 0 Å². The Balaban J connectivity index is 3.48. The minimum Gasteiger partial charge on any atom is -0.320 e. The van der Waals surface area contributed by atoms with Crippen LogP contribution in [0.3, 0.4) is 0 Å². The van der Waals surface area contributed by atoms with Gasteiger partial charge in [0.25, 0.3) is 0 Å². The van der Waals surface area contributed by atoms with Gasteiger partial charge in [0.15, 0.2) is 0 Å². The molecule has 0 fully saturated rings. The van der Waals surface area contributed by atoms with Gasteiger partial charge in [0.05, 0.1) is 0 Å². The molecule has 0 spiro atoms. The summed E-state index contributed by atoms with van der Waals surface area (Å²) in [7, 11) is 2.01. The molecule has 0 aliphatic rings. The van der Waals surface area contributed by atoms with E-state index in [1.807, 2.05) is 13.1 Å². The summed E-state index contributed by atoms with van der Waals surface area (Å²) in [5, 5.41) is 3.19. The first kappa shape index (κ1) is 11.7. The van der Waals surface area contributed by atoms with E-state index in [1.54, 1.807) is 0 Å². The topological polar surface area (TPSA) is 12.0 Å². The second-order valence-corrected chi connectivity index (χ2v) is 4.20. The minimum atomic E-state index is 0.492. The Morgan fingerprint density at radius 1 is 1.33 bits per heavy atom. The van der Waals surface area contributed by atoms with Gasteiger partial charge in [-0.15, -0.1) is 6.58 Å². The van der Waals surface area contributed by atoms with Crippen molar-refractivity contribution in [1.82, 2.24) is 5.32 Å². The number of allylic oxidation sites excluding steroid dienone is 1. The zero-order chi connectivity index (χ0) is 9.45. The molecule has 0 aliphatic heterocycles. The smallest absolute Gasteiger partial charge is 0.00468 e. The number of rotatable bonds is 7. The van der Waals surface area contributed by atoms with Gasteiger partial charge in [-0.1, -0.05) is 19.9 Å². The van der Waals surface area contributed by atoms with E-state index in [1.165, 1.54) is 19.3 Å². The van der Waals surface area contributed by atoms with Crippen LogP contribution in [0.1, 0.15) is 39.5 Å². The maximum atomic E-state index is 3.73. The van der Waals surface area contributed by atoms with E-state index >= 15 is 0 Å². The molecule has 1 heteroatoms. The van der Waals surface area contributed by atoms with Gasteiger partial charge in [0, 0.05) is 0 Å². The lowest BCUT2D eigenvalue weighted by atomic mass is 9.84. The second-order valence-electron chi connectivity index (χ2n) is 4.20. The molecule has 0 unspecified atom stereocenters. The number of hydrogen-bond donors (Lipinski definition) is 1. The number of hydrogen-bond acceptors (Lipinski definition) is 1. The molecule has 0 aromatic carbocycles. The van der Waals surface area contributed by atoms with Gasteiger partial charge in [0.1, 0.15) is 0 Å². The summed E-state index contributed by atoms with van der Waals surface area (Å²) >= 11 is 0. The van der Waals surface area contributed by atoms with Gasteiger partial charge < -0.3 is 5.32 Å². The van der Waals surface area contributed by atoms with Crippen molar-refractivity contribution in [2.24, 2.45) is 5.41 Å². The molecule has 0 radical (unpaired) electrons. The van der Waals surface area contributed by atoms with Gasteiger partial charge in [-0.3, -0.25) is 0 Å². The summed E-state index contributed by atoms with van der Waals surface area (Å²) in [4.78, 5) is 0. The third kappa shape index (κ3) is 6.41. The summed E-state index contributed by atoms with van der Waals surface area (Å²) in [6, 6.07) is 0. The van der Waals surface area contributed by atoms with E-state index in [4.69, 9.17) is 0 Å². The summed E-state index contributed by atoms with van der Waals surface area (Å²) in [6.45, 7) is 9.54. The van der Waals surface area contributed by atoms with Gasteiger partial charge in [0.2, 0.25) is 0 Å². The highest BCUT2D eigenvalue weighted by atomic mass is 14.8. The lowest BCUT2D eigenvalue weighted by Crippen LogP contribution is -2.19. The van der Waals surface area contributed by atoms with Crippen molar-refractivity contribution < 1.29 is 0 Å². The molecule has 0 atom stereocenters. The lowest BCUT2D eigenvalue weighted by Gasteiger charge is -2.24. The van der Waals surface area contributed by atoms with Crippen LogP contribution in [-0.2, 0) is 0 Å². The SMILES string of the molecule is C=CCCCC(C)(C)CCNC. The maximum absolute atomic E-state index is 3.73. The lowest BCUT2D eigenvalue weighted by molar-refractivity contribution is 0.298. The largest absolute Gasteiger partial charge is 0.320 e. The molecule has 0 heterocycles. The molecule has 0 saturated heterocycles. The molecule has 72 valence electrons. The van der Waals surface area contributed by atoms with Crippen molar-refractivity contribution in [2.75, 3.05) is 13.6 Å². The molecule has 0 bridgehead atoms. The van der Waals surface area contributed by atoms with Crippen molar-refractivity contribution in [1.29, 1.82) is 0 Å². The Hall–Kier alpha value is -0.300. The van der Waals surface area contributed by atoms with Crippen LogP contribution in [0.2, 0.25) is 0 Å². The summed E-state index contributed by atoms with van der Waals surface area (Å²) in [6.07, 6.45) is 7.01. The highest BCUT2D eigenvalue weighted by Crippen LogP contribution is 2.26. The highest BCUT2D eigenvalue weighted by Gasteiger charge is 2.15. The minimum absolute atomic E-state index is 0.492. The van der Waals surface area contributed by atoms with Gasteiger partial charge in [-0.05, 0) is 44.7 Å². The van der Waals surface area contributed by atoms with Gasteiger partial charge in [-0.2, -0.15) is 0 Å². The van der Waals surface area contributed by atoms with Crippen LogP contribution in [0.25, 0.3) is 0 Å². The quantitative estimate of drug-likeness (QED) is 0.456. The fourth-order valence-electron chi connectivity index (χ4n) is 1.31. The Kier molecular flexibility index (Phi) is 6.09. The second kappa shape index (κ2) is 6.24. The average Bonchev–Trinajstić information content (AvgIpc) is 2.01. The zero-order valence-electron chi connectivity index (χ0n) is 8.82. The van der Waals surface area contributed by atoms with Crippen LogP contribution < -0.4 is 5.32 Å². The summed E-state index contributed by atoms with van der Waals surface area (Å²) in [5.74, 6) is 0. The van der Waals surface area contributed by atoms with Crippen molar-refractivity contribution >= 4 is 0 Å². The molecule has 0 aromatic heterocycles. The van der Waals surface area contributed by atoms with Crippen LogP contribution in [-0.4, -0.2) is 13.6 Å². The first-order chi connectivity index (χ1) is 5.62. The first-order valence-corrected chi connectivity index (χ1v) is 4.88. The van der Waals surface area contributed by atoms with Crippen LogP contribution >= 0.6 is 0 Å². The predicted molar refractivity (Wildman–Crippen MR) is 56.4 cm³/mol. The fourth-order valence-corrected chi connectivity index (χ4v) is 1.31. The van der Waals surface area contributed by atoms with Crippen molar-refractivity contribution in [3.63, 3.8) is 0 Å². The molecular formula is C11H23N. The molecule has 0 aromatic rings. The van der Waals surface area contributed by atoms with E-state index in [0.29, 0.717) is 5.41 Å². The summed E-state index contributed by atoms with van der Waals surface area (Å²) < 4.78 is 0. The third-order valence-electron chi connectivity index (χ3n) is 2.31. The first-order valence-electron chi connectivity index (χ1n) is 4.88. The maximum Gasteiger partial charge on any atom is -0.00468 e. The van der Waals surface area contributed by atoms with E-state index in [-0.39, 0.29) is 0 Å². The van der Waals surface area contributed by atoms with Crippen LogP contribution in [0.5, 0.6) is 0 Å². The average molecular weight is 169 g/mol. The molecule has 12 heavy (non-hydrogen) atoms. The number of unbranched alkanes of at least 4 members (excludes halogenated alkanes) is 1. The Bertz CT molecular complexity index is 116. The normalized spacial score (nSPS) is 11.6. The van der Waals surface area contributed by atoms with E-state index in [9.17, 15) is 0 Å². The Labute approximate surface area is 77.2 Å². The van der Waals surface area contributed by atoms with Gasteiger partial charge >= 0.3 is 0 Å². The van der Waals surface area contributed by atoms with Crippen LogP contribution in [0.15, 0.2) is 12.7 Å². The standard InChI is InChI=1S/C11H23N/c1-5-6-7-8-11(2,3)9-10-12-4/h5,12H,1,6-10H2,2-4H3. The van der Waals surface area contributed by atoms with Gasteiger partial charge in [-0.25, -0.2) is 0 Å². The molecule has 0 aliphatic carbocycles. The fraction of sp³-hybridized carbons (Fsp3) is 0.818. The van der Waals surface area contributed by atoms with E-state index in [2.05, 4.69) is 25.7 Å². The molecule has 0 rings (SSSR count). The Morgan fingerprint density at radius 3 is 2.50 bits per heavy atom. The number of nitrogens with one attached hydrogen (secondary N) is 1. The third-order valence-corrected chi connectivity index (χ3v) is 2.31. The Morgan fingerprint density at radius 2 is 2.00 bits per heavy atom. The van der Waals surface area contributed by atoms with Crippen molar-refractivity contribution in [3.8, 4) is 0 Å². The highest BCUT2D eigenvalue weighted by molar-refractivity contribution is 4.73. The van der Waals surface area contributed by atoms with Crippen molar-refractivity contribution in [3.05, 3.63) is 12.7 Å². The molecule has 0 saturated carbocycles. The molecule has 0 amide bonds. The molecule has 1 N–H and O–H groups in total. The zero-order valence-corrected chi connectivity index (χ0v) is 8.82. The molecular weight excluding hydrogens is 146 g/mol. The van der Waals surface area contributed by atoms with E-state index in [0.717, 1.165) is 13.0 Å². The van der Waals surface area contributed by atoms with Crippen LogP contribution in [0, 0.1) is 5.41 Å². The monoisotopic (exact) mass is 169 g/mol. The van der Waals surface area contributed by atoms with Crippen LogP contribution in [0.4, 0.5) is 0 Å². The van der Waals surface area contributed by atoms with Crippen molar-refractivity contribution in [2.45, 2.75) is 39.5 Å².